The van der Waals surface area contributed by atoms with Crippen molar-refractivity contribution in [2.45, 2.75) is 20.0 Å². The zero-order valence-electron chi connectivity index (χ0n) is 13.4. The molecule has 1 atom stereocenters. The SMILES string of the molecule is CC(=O)c1ccc(NC(=O)C(C)Oc2ccc(C(N)=O)cc2)cc1. The topological polar surface area (TPSA) is 98.5 Å². The maximum Gasteiger partial charge on any atom is 0.265 e. The van der Waals surface area contributed by atoms with E-state index >= 15 is 0 Å². The summed E-state index contributed by atoms with van der Waals surface area (Å²) in [7, 11) is 0. The first-order chi connectivity index (χ1) is 11.4. The molecule has 0 fully saturated rings. The quantitative estimate of drug-likeness (QED) is 0.796. The van der Waals surface area contributed by atoms with E-state index in [2.05, 4.69) is 5.32 Å². The Morgan fingerprint density at radius 3 is 2.00 bits per heavy atom. The largest absolute Gasteiger partial charge is 0.481 e. The van der Waals surface area contributed by atoms with Gasteiger partial charge in [-0.2, -0.15) is 0 Å². The molecule has 0 radical (unpaired) electrons. The Hall–Kier alpha value is -3.15. The third-order valence-electron chi connectivity index (χ3n) is 3.38. The summed E-state index contributed by atoms with van der Waals surface area (Å²) >= 11 is 0. The number of carbonyl (C=O) groups excluding carboxylic acids is 3. The van der Waals surface area contributed by atoms with Gasteiger partial charge in [-0.1, -0.05) is 0 Å². The van der Waals surface area contributed by atoms with E-state index in [0.717, 1.165) is 0 Å². The summed E-state index contributed by atoms with van der Waals surface area (Å²) in [4.78, 5) is 34.4. The van der Waals surface area contributed by atoms with Crippen molar-refractivity contribution in [2.24, 2.45) is 5.73 Å². The average Bonchev–Trinajstić information content (AvgIpc) is 2.55. The Morgan fingerprint density at radius 1 is 0.958 bits per heavy atom. The van der Waals surface area contributed by atoms with E-state index in [1.165, 1.54) is 19.1 Å². The van der Waals surface area contributed by atoms with Crippen LogP contribution in [-0.2, 0) is 4.79 Å². The summed E-state index contributed by atoms with van der Waals surface area (Å²) in [6, 6.07) is 12.8. The van der Waals surface area contributed by atoms with Crippen molar-refractivity contribution in [3.8, 4) is 5.75 Å². The van der Waals surface area contributed by atoms with Crippen molar-refractivity contribution in [1.82, 2.24) is 0 Å². The minimum atomic E-state index is -0.739. The number of benzene rings is 2. The first-order valence-electron chi connectivity index (χ1n) is 7.35. The highest BCUT2D eigenvalue weighted by Crippen LogP contribution is 2.15. The van der Waals surface area contributed by atoms with Crippen LogP contribution in [0.2, 0.25) is 0 Å². The van der Waals surface area contributed by atoms with Gasteiger partial charge < -0.3 is 15.8 Å². The minimum absolute atomic E-state index is 0.0380. The van der Waals surface area contributed by atoms with Gasteiger partial charge in [0.2, 0.25) is 5.91 Å². The van der Waals surface area contributed by atoms with E-state index in [9.17, 15) is 14.4 Å². The second-order valence-corrected chi connectivity index (χ2v) is 5.27. The van der Waals surface area contributed by atoms with Gasteiger partial charge in [-0.3, -0.25) is 14.4 Å². The normalized spacial score (nSPS) is 11.4. The number of carbonyl (C=O) groups is 3. The van der Waals surface area contributed by atoms with Crippen LogP contribution in [-0.4, -0.2) is 23.7 Å². The molecule has 0 saturated carbocycles. The fourth-order valence-corrected chi connectivity index (χ4v) is 1.99. The van der Waals surface area contributed by atoms with Crippen LogP contribution in [0, 0.1) is 0 Å². The number of rotatable bonds is 6. The standard InChI is InChI=1S/C18H18N2O4/c1-11(21)13-3-7-15(8-4-13)20-18(23)12(2)24-16-9-5-14(6-10-16)17(19)22/h3-10,12H,1-2H3,(H2,19,22)(H,20,23). The maximum absolute atomic E-state index is 12.1. The Morgan fingerprint density at radius 2 is 1.50 bits per heavy atom. The molecule has 24 heavy (non-hydrogen) atoms. The van der Waals surface area contributed by atoms with Crippen LogP contribution in [0.4, 0.5) is 5.69 Å². The Balaban J connectivity index is 1.96. The highest BCUT2D eigenvalue weighted by molar-refractivity contribution is 5.96. The van der Waals surface area contributed by atoms with Crippen molar-refractivity contribution in [1.29, 1.82) is 0 Å². The van der Waals surface area contributed by atoms with Crippen LogP contribution >= 0.6 is 0 Å². The van der Waals surface area contributed by atoms with Crippen molar-refractivity contribution in [2.75, 3.05) is 5.32 Å². The molecular weight excluding hydrogens is 308 g/mol. The van der Waals surface area contributed by atoms with E-state index in [4.69, 9.17) is 10.5 Å². The highest BCUT2D eigenvalue weighted by atomic mass is 16.5. The molecule has 124 valence electrons. The second-order valence-electron chi connectivity index (χ2n) is 5.27. The number of nitrogens with two attached hydrogens (primary N) is 1. The van der Waals surface area contributed by atoms with Crippen molar-refractivity contribution >= 4 is 23.3 Å². The molecule has 2 aromatic rings. The number of anilines is 1. The third-order valence-corrected chi connectivity index (χ3v) is 3.38. The van der Waals surface area contributed by atoms with Gasteiger partial charge in [-0.15, -0.1) is 0 Å². The van der Waals surface area contributed by atoms with Crippen LogP contribution in [0.15, 0.2) is 48.5 Å². The zero-order chi connectivity index (χ0) is 17.7. The van der Waals surface area contributed by atoms with Gasteiger partial charge in [0.05, 0.1) is 0 Å². The number of ether oxygens (including phenoxy) is 1. The van der Waals surface area contributed by atoms with Gasteiger partial charge in [-0.05, 0) is 62.4 Å². The monoisotopic (exact) mass is 326 g/mol. The Labute approximate surface area is 139 Å². The molecule has 0 bridgehead atoms. The van der Waals surface area contributed by atoms with Gasteiger partial charge in [0.15, 0.2) is 11.9 Å². The van der Waals surface area contributed by atoms with E-state index in [0.29, 0.717) is 22.6 Å². The summed E-state index contributed by atoms with van der Waals surface area (Å²) in [6.45, 7) is 3.09. The molecule has 0 spiro atoms. The van der Waals surface area contributed by atoms with Crippen LogP contribution < -0.4 is 15.8 Å². The lowest BCUT2D eigenvalue weighted by atomic mass is 10.1. The minimum Gasteiger partial charge on any atom is -0.481 e. The number of primary amides is 1. The van der Waals surface area contributed by atoms with Gasteiger partial charge in [0.25, 0.3) is 5.91 Å². The van der Waals surface area contributed by atoms with Gasteiger partial charge in [-0.25, -0.2) is 0 Å². The number of hydrogen-bond acceptors (Lipinski definition) is 4. The number of Topliss-reactive ketones (excluding diaryl/α,β-unsaturated/α-hetero) is 1. The molecule has 0 aromatic heterocycles. The lowest BCUT2D eigenvalue weighted by molar-refractivity contribution is -0.122. The van der Waals surface area contributed by atoms with E-state index in [1.54, 1.807) is 43.3 Å². The summed E-state index contributed by atoms with van der Waals surface area (Å²) in [5.41, 5.74) is 6.68. The van der Waals surface area contributed by atoms with Crippen LogP contribution in [0.25, 0.3) is 0 Å². The number of ketones is 1. The van der Waals surface area contributed by atoms with E-state index < -0.39 is 12.0 Å². The number of amides is 2. The molecule has 6 nitrogen and oxygen atoms in total. The lowest BCUT2D eigenvalue weighted by Gasteiger charge is -2.15. The van der Waals surface area contributed by atoms with Crippen LogP contribution in [0.3, 0.4) is 0 Å². The molecule has 0 aliphatic carbocycles. The molecule has 0 saturated heterocycles. The molecule has 2 rings (SSSR count). The predicted octanol–water partition coefficient (Wildman–Crippen LogP) is 2.39. The lowest BCUT2D eigenvalue weighted by Crippen LogP contribution is -2.30. The second kappa shape index (κ2) is 7.41. The summed E-state index contributed by atoms with van der Waals surface area (Å²) in [5, 5.41) is 2.71. The third kappa shape index (κ3) is 4.42. The van der Waals surface area contributed by atoms with Crippen LogP contribution in [0.1, 0.15) is 34.6 Å². The number of hydrogen-bond donors (Lipinski definition) is 2. The molecule has 0 aliphatic heterocycles. The van der Waals surface area contributed by atoms with Crippen molar-refractivity contribution in [3.63, 3.8) is 0 Å². The molecule has 2 amide bonds. The summed E-state index contributed by atoms with van der Waals surface area (Å²) < 4.78 is 5.53. The van der Waals surface area contributed by atoms with E-state index in [-0.39, 0.29) is 11.7 Å². The Kier molecular flexibility index (Phi) is 5.31. The molecule has 3 N–H and O–H groups in total. The smallest absolute Gasteiger partial charge is 0.265 e. The fourth-order valence-electron chi connectivity index (χ4n) is 1.99. The van der Waals surface area contributed by atoms with Crippen molar-refractivity contribution in [3.05, 3.63) is 59.7 Å². The van der Waals surface area contributed by atoms with E-state index in [1.807, 2.05) is 0 Å². The highest BCUT2D eigenvalue weighted by Gasteiger charge is 2.15. The zero-order valence-corrected chi connectivity index (χ0v) is 13.4. The van der Waals surface area contributed by atoms with Crippen LogP contribution in [0.5, 0.6) is 5.75 Å². The molecule has 1 unspecified atom stereocenters. The van der Waals surface area contributed by atoms with Crippen molar-refractivity contribution < 1.29 is 19.1 Å². The Bertz CT molecular complexity index is 752. The summed E-state index contributed by atoms with van der Waals surface area (Å²) in [6.07, 6.45) is -0.739. The maximum atomic E-state index is 12.1. The molecular formula is C18H18N2O4. The molecule has 0 heterocycles. The summed E-state index contributed by atoms with van der Waals surface area (Å²) in [5.74, 6) is -0.440. The fraction of sp³-hybridized carbons (Fsp3) is 0.167. The average molecular weight is 326 g/mol. The van der Waals surface area contributed by atoms with Gasteiger partial charge in [0, 0.05) is 16.8 Å². The van der Waals surface area contributed by atoms with Gasteiger partial charge >= 0.3 is 0 Å². The number of nitrogens with one attached hydrogen (secondary N) is 1. The first kappa shape index (κ1) is 17.2. The predicted molar refractivity (Wildman–Crippen MR) is 90.1 cm³/mol. The molecule has 6 heteroatoms. The first-order valence-corrected chi connectivity index (χ1v) is 7.35. The van der Waals surface area contributed by atoms with Gasteiger partial charge in [0.1, 0.15) is 5.75 Å². The molecule has 0 aliphatic rings. The molecule has 2 aromatic carbocycles.